The predicted octanol–water partition coefficient (Wildman–Crippen LogP) is 1.94. The van der Waals surface area contributed by atoms with Crippen LogP contribution in [0.25, 0.3) is 0 Å². The Morgan fingerprint density at radius 2 is 1.80 bits per heavy atom. The van der Waals surface area contributed by atoms with Crippen LogP contribution in [-0.4, -0.2) is 33.1 Å². The van der Waals surface area contributed by atoms with Gasteiger partial charge in [0.05, 0.1) is 11.6 Å². The summed E-state index contributed by atoms with van der Waals surface area (Å²) in [6.07, 6.45) is 2.40. The largest absolute Gasteiger partial charge is 0.388 e. The first kappa shape index (κ1) is 12.5. The van der Waals surface area contributed by atoms with Crippen molar-refractivity contribution in [3.05, 3.63) is 0 Å². The van der Waals surface area contributed by atoms with Gasteiger partial charge in [0.25, 0.3) is 0 Å². The molecular formula is C12H23NO2. The lowest BCUT2D eigenvalue weighted by Crippen LogP contribution is -2.60. The number of carbonyl (C=O) groups is 1. The zero-order valence-corrected chi connectivity index (χ0v) is 10.5. The van der Waals surface area contributed by atoms with E-state index in [0.29, 0.717) is 6.42 Å². The smallest absolute Gasteiger partial charge is 0.223 e. The van der Waals surface area contributed by atoms with Crippen molar-refractivity contribution in [1.82, 2.24) is 4.90 Å². The number of nitrogens with zero attached hydrogens (tertiary/aromatic N) is 1. The highest BCUT2D eigenvalue weighted by Gasteiger charge is 2.42. The van der Waals surface area contributed by atoms with Crippen molar-refractivity contribution in [3.63, 3.8) is 0 Å². The van der Waals surface area contributed by atoms with Gasteiger partial charge in [-0.15, -0.1) is 0 Å². The number of amides is 1. The summed E-state index contributed by atoms with van der Waals surface area (Å²) in [5, 5.41) is 10.1. The van der Waals surface area contributed by atoms with Crippen LogP contribution >= 0.6 is 0 Å². The van der Waals surface area contributed by atoms with E-state index in [1.165, 1.54) is 0 Å². The SMILES string of the molecule is CC(C)(O)C1CCCC(=O)N1C(C)(C)C. The summed E-state index contributed by atoms with van der Waals surface area (Å²) in [6, 6.07) is -0.0567. The number of carbonyl (C=O) groups excluding carboxylic acids is 1. The lowest BCUT2D eigenvalue weighted by Gasteiger charge is -2.49. The van der Waals surface area contributed by atoms with Crippen LogP contribution in [0.1, 0.15) is 53.9 Å². The molecule has 0 aliphatic carbocycles. The molecule has 0 bridgehead atoms. The number of aliphatic hydroxyl groups is 1. The Kier molecular flexibility index (Phi) is 3.15. The molecule has 0 radical (unpaired) electrons. The molecule has 1 saturated heterocycles. The van der Waals surface area contributed by atoms with E-state index in [-0.39, 0.29) is 17.5 Å². The van der Waals surface area contributed by atoms with Crippen molar-refractivity contribution >= 4 is 5.91 Å². The summed E-state index contributed by atoms with van der Waals surface area (Å²) in [7, 11) is 0. The van der Waals surface area contributed by atoms with Crippen LogP contribution in [0.2, 0.25) is 0 Å². The van der Waals surface area contributed by atoms with Crippen molar-refractivity contribution in [1.29, 1.82) is 0 Å². The minimum absolute atomic E-state index is 0.0567. The normalized spacial score (nSPS) is 24.5. The molecule has 0 aromatic heterocycles. The van der Waals surface area contributed by atoms with E-state index in [2.05, 4.69) is 0 Å². The van der Waals surface area contributed by atoms with Gasteiger partial charge < -0.3 is 10.0 Å². The second kappa shape index (κ2) is 3.78. The van der Waals surface area contributed by atoms with Crippen molar-refractivity contribution in [2.24, 2.45) is 0 Å². The van der Waals surface area contributed by atoms with Gasteiger partial charge in [-0.2, -0.15) is 0 Å². The van der Waals surface area contributed by atoms with Gasteiger partial charge in [-0.25, -0.2) is 0 Å². The third kappa shape index (κ3) is 2.71. The van der Waals surface area contributed by atoms with E-state index in [1.807, 2.05) is 25.7 Å². The van der Waals surface area contributed by atoms with Gasteiger partial charge in [-0.1, -0.05) is 0 Å². The Labute approximate surface area is 92.5 Å². The highest BCUT2D eigenvalue weighted by Crippen LogP contribution is 2.32. The monoisotopic (exact) mass is 213 g/mol. The first-order valence-electron chi connectivity index (χ1n) is 5.68. The first-order valence-corrected chi connectivity index (χ1v) is 5.68. The second-order valence-electron chi connectivity index (χ2n) is 6.00. The van der Waals surface area contributed by atoms with Gasteiger partial charge in [0.15, 0.2) is 0 Å². The van der Waals surface area contributed by atoms with E-state index in [1.54, 1.807) is 13.8 Å². The quantitative estimate of drug-likeness (QED) is 0.723. The molecule has 0 spiro atoms. The molecule has 1 rings (SSSR count). The minimum atomic E-state index is -0.816. The molecule has 0 saturated carbocycles. The van der Waals surface area contributed by atoms with Crippen LogP contribution in [0.5, 0.6) is 0 Å². The molecule has 3 nitrogen and oxygen atoms in total. The van der Waals surface area contributed by atoms with E-state index in [9.17, 15) is 9.90 Å². The summed E-state index contributed by atoms with van der Waals surface area (Å²) in [4.78, 5) is 13.8. The molecule has 1 unspecified atom stereocenters. The third-order valence-electron chi connectivity index (χ3n) is 2.99. The lowest BCUT2D eigenvalue weighted by atomic mass is 9.85. The maximum Gasteiger partial charge on any atom is 0.223 e. The van der Waals surface area contributed by atoms with Gasteiger partial charge >= 0.3 is 0 Å². The van der Waals surface area contributed by atoms with Crippen LogP contribution in [0.4, 0.5) is 0 Å². The molecule has 3 heteroatoms. The van der Waals surface area contributed by atoms with Gasteiger partial charge in [-0.3, -0.25) is 4.79 Å². The molecule has 1 N–H and O–H groups in total. The summed E-state index contributed by atoms with van der Waals surface area (Å²) in [5.41, 5.74) is -1.02. The molecule has 1 aliphatic heterocycles. The number of rotatable bonds is 1. The van der Waals surface area contributed by atoms with Gasteiger partial charge in [-0.05, 0) is 47.5 Å². The molecule has 1 atom stereocenters. The summed E-state index contributed by atoms with van der Waals surface area (Å²) < 4.78 is 0. The minimum Gasteiger partial charge on any atom is -0.388 e. The van der Waals surface area contributed by atoms with Crippen LogP contribution in [0.3, 0.4) is 0 Å². The molecule has 0 aromatic carbocycles. The first-order chi connectivity index (χ1) is 6.64. The lowest BCUT2D eigenvalue weighted by molar-refractivity contribution is -0.152. The summed E-state index contributed by atoms with van der Waals surface area (Å²) in [6.45, 7) is 9.64. The van der Waals surface area contributed by atoms with Crippen LogP contribution in [0.15, 0.2) is 0 Å². The topological polar surface area (TPSA) is 40.5 Å². The fourth-order valence-corrected chi connectivity index (χ4v) is 2.38. The van der Waals surface area contributed by atoms with Gasteiger partial charge in [0.2, 0.25) is 5.91 Å². The zero-order chi connectivity index (χ0) is 11.9. The van der Waals surface area contributed by atoms with Crippen molar-refractivity contribution in [2.45, 2.75) is 71.1 Å². The highest BCUT2D eigenvalue weighted by atomic mass is 16.3. The Balaban J connectivity index is 2.98. The second-order valence-corrected chi connectivity index (χ2v) is 6.00. The number of hydrogen-bond donors (Lipinski definition) is 1. The van der Waals surface area contributed by atoms with E-state index in [0.717, 1.165) is 12.8 Å². The van der Waals surface area contributed by atoms with Crippen molar-refractivity contribution < 1.29 is 9.90 Å². The molecule has 1 heterocycles. The maximum absolute atomic E-state index is 11.9. The zero-order valence-electron chi connectivity index (χ0n) is 10.5. The summed E-state index contributed by atoms with van der Waals surface area (Å²) in [5.74, 6) is 0.167. The number of likely N-dealkylation sites (tertiary alicyclic amines) is 1. The highest BCUT2D eigenvalue weighted by molar-refractivity contribution is 5.78. The molecule has 15 heavy (non-hydrogen) atoms. The Bertz CT molecular complexity index is 247. The van der Waals surface area contributed by atoms with Crippen LogP contribution < -0.4 is 0 Å². The number of piperidine rings is 1. The molecule has 0 aromatic rings. The Morgan fingerprint density at radius 3 is 2.13 bits per heavy atom. The molecule has 1 fully saturated rings. The van der Waals surface area contributed by atoms with Crippen molar-refractivity contribution in [2.75, 3.05) is 0 Å². The average Bonchev–Trinajstić information content (AvgIpc) is 1.99. The fourth-order valence-electron chi connectivity index (χ4n) is 2.38. The number of hydrogen-bond acceptors (Lipinski definition) is 2. The third-order valence-corrected chi connectivity index (χ3v) is 2.99. The molecule has 1 amide bonds. The van der Waals surface area contributed by atoms with Crippen molar-refractivity contribution in [3.8, 4) is 0 Å². The molecule has 1 aliphatic rings. The predicted molar refractivity (Wildman–Crippen MR) is 60.5 cm³/mol. The molecular weight excluding hydrogens is 190 g/mol. The van der Waals surface area contributed by atoms with E-state index in [4.69, 9.17) is 0 Å². The Morgan fingerprint density at radius 1 is 1.27 bits per heavy atom. The standard InChI is InChI=1S/C12H23NO2/c1-11(2,3)13-9(12(4,5)15)7-6-8-10(13)14/h9,15H,6-8H2,1-5H3. The van der Waals surface area contributed by atoms with E-state index < -0.39 is 5.60 Å². The van der Waals surface area contributed by atoms with E-state index >= 15 is 0 Å². The average molecular weight is 213 g/mol. The summed E-state index contributed by atoms with van der Waals surface area (Å²) >= 11 is 0. The Hall–Kier alpha value is -0.570. The fraction of sp³-hybridized carbons (Fsp3) is 0.917. The molecule has 88 valence electrons. The van der Waals surface area contributed by atoms with Gasteiger partial charge in [0, 0.05) is 12.0 Å². The van der Waals surface area contributed by atoms with Crippen LogP contribution in [0, 0.1) is 0 Å². The maximum atomic E-state index is 11.9. The van der Waals surface area contributed by atoms with Crippen LogP contribution in [-0.2, 0) is 4.79 Å². The van der Waals surface area contributed by atoms with Gasteiger partial charge in [0.1, 0.15) is 0 Å².